The fraction of sp³-hybridized carbons (Fsp3) is 0.739. The molecule has 1 aromatic carbocycles. The van der Waals surface area contributed by atoms with Crippen molar-refractivity contribution in [3.8, 4) is 0 Å². The molecule has 3 unspecified atom stereocenters. The Morgan fingerprint density at radius 1 is 0.778 bits per heavy atom. The lowest BCUT2D eigenvalue weighted by molar-refractivity contribution is 0.00664. The molecule has 0 bridgehead atoms. The number of hydrogen-bond donors (Lipinski definition) is 4. The van der Waals surface area contributed by atoms with Crippen LogP contribution < -0.4 is 5.32 Å². The number of nitrogens with one attached hydrogen (secondary N) is 1. The second kappa shape index (κ2) is 10.6. The quantitative estimate of drug-likeness (QED) is 0.411. The van der Waals surface area contributed by atoms with E-state index in [4.69, 9.17) is 0 Å². The fourth-order valence-corrected chi connectivity index (χ4v) is 3.42. The molecule has 0 radical (unpaired) electrons. The summed E-state index contributed by atoms with van der Waals surface area (Å²) in [6, 6.07) is 10.6. The van der Waals surface area contributed by atoms with E-state index >= 15 is 0 Å². The molecule has 0 saturated heterocycles. The van der Waals surface area contributed by atoms with E-state index in [2.05, 4.69) is 24.4 Å². The molecule has 1 rings (SSSR count). The first-order valence-corrected chi connectivity index (χ1v) is 10.4. The molecular formula is C23H41NO3. The fourth-order valence-electron chi connectivity index (χ4n) is 3.42. The van der Waals surface area contributed by atoms with Gasteiger partial charge in [0, 0.05) is 6.04 Å². The Labute approximate surface area is 166 Å². The maximum Gasteiger partial charge on any atom is 0.0631 e. The van der Waals surface area contributed by atoms with Crippen molar-refractivity contribution in [2.75, 3.05) is 6.54 Å². The zero-order valence-corrected chi connectivity index (χ0v) is 18.0. The summed E-state index contributed by atoms with van der Waals surface area (Å²) < 4.78 is 0. The molecule has 0 aliphatic heterocycles. The normalized spacial score (nSPS) is 17.9. The molecule has 0 aromatic heterocycles. The molecule has 0 heterocycles. The van der Waals surface area contributed by atoms with E-state index in [-0.39, 0.29) is 6.04 Å². The van der Waals surface area contributed by atoms with Gasteiger partial charge in [-0.15, -0.1) is 0 Å². The molecule has 0 aliphatic rings. The van der Waals surface area contributed by atoms with E-state index < -0.39 is 16.8 Å². The summed E-state index contributed by atoms with van der Waals surface area (Å²) in [7, 11) is 0. The summed E-state index contributed by atoms with van der Waals surface area (Å²) in [5.74, 6) is 0. The van der Waals surface area contributed by atoms with Gasteiger partial charge in [-0.1, -0.05) is 30.3 Å². The standard InChI is InChI=1S/C23H41NO3/c1-19(20-11-7-6-8-12-20)24-18-17-23(5,27)16-10-15-22(4,26)14-9-13-21(2,3)25/h6-8,11-12,19,24-27H,9-10,13-18H2,1-5H3. The molecule has 4 N–H and O–H groups in total. The van der Waals surface area contributed by atoms with Gasteiger partial charge in [0.05, 0.1) is 16.8 Å². The van der Waals surface area contributed by atoms with Crippen LogP contribution in [0.3, 0.4) is 0 Å². The van der Waals surface area contributed by atoms with Crippen LogP contribution in [0.4, 0.5) is 0 Å². The average molecular weight is 380 g/mol. The lowest BCUT2D eigenvalue weighted by Gasteiger charge is -2.28. The zero-order chi connectivity index (χ0) is 20.6. The number of aliphatic hydroxyl groups is 3. The van der Waals surface area contributed by atoms with Crippen LogP contribution >= 0.6 is 0 Å². The van der Waals surface area contributed by atoms with Gasteiger partial charge < -0.3 is 20.6 Å². The molecule has 0 fully saturated rings. The second-order valence-corrected chi connectivity index (χ2v) is 9.35. The van der Waals surface area contributed by atoms with Crippen LogP contribution in [-0.4, -0.2) is 38.7 Å². The van der Waals surface area contributed by atoms with Crippen molar-refractivity contribution in [2.45, 2.75) is 102 Å². The second-order valence-electron chi connectivity index (χ2n) is 9.35. The molecule has 4 nitrogen and oxygen atoms in total. The lowest BCUT2D eigenvalue weighted by Crippen LogP contribution is -2.32. The molecule has 0 saturated carbocycles. The van der Waals surface area contributed by atoms with Gasteiger partial charge in [0.2, 0.25) is 0 Å². The SMILES string of the molecule is CC(NCCC(C)(O)CCCC(C)(O)CCCC(C)(C)O)c1ccccc1. The highest BCUT2D eigenvalue weighted by Gasteiger charge is 2.25. The molecule has 0 aliphatic carbocycles. The summed E-state index contributed by atoms with van der Waals surface area (Å²) in [5, 5.41) is 34.4. The maximum absolute atomic E-state index is 10.6. The van der Waals surface area contributed by atoms with Crippen molar-refractivity contribution in [3.63, 3.8) is 0 Å². The first kappa shape index (κ1) is 24.1. The van der Waals surface area contributed by atoms with Gasteiger partial charge in [0.15, 0.2) is 0 Å². The Bertz CT molecular complexity index is 520. The molecule has 0 amide bonds. The van der Waals surface area contributed by atoms with Crippen molar-refractivity contribution in [1.29, 1.82) is 0 Å². The van der Waals surface area contributed by atoms with E-state index in [1.807, 2.05) is 32.0 Å². The first-order valence-electron chi connectivity index (χ1n) is 10.4. The maximum atomic E-state index is 10.6. The van der Waals surface area contributed by atoms with Crippen molar-refractivity contribution in [1.82, 2.24) is 5.32 Å². The molecule has 27 heavy (non-hydrogen) atoms. The van der Waals surface area contributed by atoms with Gasteiger partial charge in [-0.05, 0) is 91.7 Å². The third kappa shape index (κ3) is 11.5. The predicted molar refractivity (Wildman–Crippen MR) is 113 cm³/mol. The minimum absolute atomic E-state index is 0.263. The summed E-state index contributed by atoms with van der Waals surface area (Å²) in [6.45, 7) is 10.2. The van der Waals surface area contributed by atoms with E-state index in [9.17, 15) is 15.3 Å². The molecule has 0 spiro atoms. The Balaban J connectivity index is 2.26. The molecular weight excluding hydrogens is 338 g/mol. The number of hydrogen-bond acceptors (Lipinski definition) is 4. The van der Waals surface area contributed by atoms with Gasteiger partial charge >= 0.3 is 0 Å². The molecule has 3 atom stereocenters. The van der Waals surface area contributed by atoms with Crippen LogP contribution in [-0.2, 0) is 0 Å². The van der Waals surface area contributed by atoms with Gasteiger partial charge in [0.1, 0.15) is 0 Å². The number of rotatable bonds is 13. The Hall–Kier alpha value is -0.940. The van der Waals surface area contributed by atoms with Gasteiger partial charge in [-0.3, -0.25) is 0 Å². The van der Waals surface area contributed by atoms with Crippen LogP contribution in [0.2, 0.25) is 0 Å². The van der Waals surface area contributed by atoms with Crippen molar-refractivity contribution < 1.29 is 15.3 Å². The number of benzene rings is 1. The van der Waals surface area contributed by atoms with Crippen LogP contribution in [0.5, 0.6) is 0 Å². The first-order chi connectivity index (χ1) is 12.4. The molecule has 1 aromatic rings. The third-order valence-electron chi connectivity index (χ3n) is 5.35. The Morgan fingerprint density at radius 3 is 1.78 bits per heavy atom. The highest BCUT2D eigenvalue weighted by Crippen LogP contribution is 2.26. The summed E-state index contributed by atoms with van der Waals surface area (Å²) in [4.78, 5) is 0. The van der Waals surface area contributed by atoms with Crippen molar-refractivity contribution in [3.05, 3.63) is 35.9 Å². The van der Waals surface area contributed by atoms with E-state index in [0.717, 1.165) is 19.4 Å². The van der Waals surface area contributed by atoms with Gasteiger partial charge in [-0.2, -0.15) is 0 Å². The van der Waals surface area contributed by atoms with Crippen LogP contribution in [0.25, 0.3) is 0 Å². The highest BCUT2D eigenvalue weighted by molar-refractivity contribution is 5.17. The van der Waals surface area contributed by atoms with Gasteiger partial charge in [-0.25, -0.2) is 0 Å². The minimum atomic E-state index is -0.735. The lowest BCUT2D eigenvalue weighted by atomic mass is 9.87. The van der Waals surface area contributed by atoms with E-state index in [1.54, 1.807) is 13.8 Å². The van der Waals surface area contributed by atoms with E-state index in [1.165, 1.54) is 5.56 Å². The van der Waals surface area contributed by atoms with Crippen molar-refractivity contribution in [2.24, 2.45) is 0 Å². The molecule has 156 valence electrons. The monoisotopic (exact) mass is 379 g/mol. The summed E-state index contributed by atoms with van der Waals surface area (Å²) >= 11 is 0. The minimum Gasteiger partial charge on any atom is -0.390 e. The predicted octanol–water partition coefficient (Wildman–Crippen LogP) is 4.34. The zero-order valence-electron chi connectivity index (χ0n) is 18.0. The summed E-state index contributed by atoms with van der Waals surface area (Å²) in [6.07, 6.45) is 4.98. The topological polar surface area (TPSA) is 72.7 Å². The Morgan fingerprint density at radius 2 is 1.26 bits per heavy atom. The molecule has 4 heteroatoms. The van der Waals surface area contributed by atoms with Crippen LogP contribution in [0, 0.1) is 0 Å². The van der Waals surface area contributed by atoms with Crippen molar-refractivity contribution >= 4 is 0 Å². The largest absolute Gasteiger partial charge is 0.390 e. The van der Waals surface area contributed by atoms with Crippen LogP contribution in [0.15, 0.2) is 30.3 Å². The summed E-state index contributed by atoms with van der Waals surface area (Å²) in [5.41, 5.74) is -0.892. The van der Waals surface area contributed by atoms with Gasteiger partial charge in [0.25, 0.3) is 0 Å². The smallest absolute Gasteiger partial charge is 0.0631 e. The van der Waals surface area contributed by atoms with Crippen LogP contribution in [0.1, 0.15) is 91.2 Å². The highest BCUT2D eigenvalue weighted by atomic mass is 16.3. The van der Waals surface area contributed by atoms with E-state index in [0.29, 0.717) is 32.1 Å². The average Bonchev–Trinajstić information content (AvgIpc) is 2.53. The Kier molecular flexibility index (Phi) is 9.43. The third-order valence-corrected chi connectivity index (χ3v) is 5.35.